The summed E-state index contributed by atoms with van der Waals surface area (Å²) >= 11 is 0. The van der Waals surface area contributed by atoms with Crippen LogP contribution in [0, 0.1) is 6.92 Å². The summed E-state index contributed by atoms with van der Waals surface area (Å²) in [6, 6.07) is 10.8. The molecule has 26 heavy (non-hydrogen) atoms. The topological polar surface area (TPSA) is 55.8 Å². The smallest absolute Gasteiger partial charge is 0.268 e. The second kappa shape index (κ2) is 7.19. The van der Waals surface area contributed by atoms with Crippen molar-refractivity contribution in [3.05, 3.63) is 47.5 Å². The van der Waals surface area contributed by atoms with Crippen LogP contribution in [0.3, 0.4) is 0 Å². The number of rotatable bonds is 6. The van der Waals surface area contributed by atoms with Crippen LogP contribution in [0.2, 0.25) is 0 Å². The van der Waals surface area contributed by atoms with Gasteiger partial charge in [0.1, 0.15) is 16.4 Å². The Labute approximate surface area is 155 Å². The summed E-state index contributed by atoms with van der Waals surface area (Å²) in [5, 5.41) is 0. The third kappa shape index (κ3) is 3.14. The second-order valence-electron chi connectivity index (χ2n) is 6.41. The van der Waals surface area contributed by atoms with E-state index in [9.17, 15) is 8.42 Å². The van der Waals surface area contributed by atoms with Crippen molar-refractivity contribution in [2.24, 2.45) is 0 Å². The summed E-state index contributed by atoms with van der Waals surface area (Å²) < 4.78 is 39.9. The highest BCUT2D eigenvalue weighted by molar-refractivity contribution is 7.93. The normalized spacial score (nSPS) is 16.5. The molecule has 0 aliphatic carbocycles. The molecule has 1 aliphatic rings. The lowest BCUT2D eigenvalue weighted by Crippen LogP contribution is -2.36. The molecule has 140 valence electrons. The van der Waals surface area contributed by atoms with E-state index in [4.69, 9.17) is 9.47 Å². The first-order chi connectivity index (χ1) is 12.4. The van der Waals surface area contributed by atoms with Crippen molar-refractivity contribution >= 4 is 15.7 Å². The van der Waals surface area contributed by atoms with Gasteiger partial charge in [-0.15, -0.1) is 0 Å². The van der Waals surface area contributed by atoms with Gasteiger partial charge in [0.2, 0.25) is 0 Å². The van der Waals surface area contributed by atoms with Crippen LogP contribution in [0.4, 0.5) is 5.69 Å². The molecule has 0 aromatic heterocycles. The molecule has 3 rings (SSSR count). The molecule has 0 N–H and O–H groups in total. The summed E-state index contributed by atoms with van der Waals surface area (Å²) in [7, 11) is -3.78. The zero-order valence-corrected chi connectivity index (χ0v) is 16.5. The SMILES string of the molecule is CCOc1cc(S(=O)(=O)N2c3ccccc3CC2C)c(OCC)cc1C. The van der Waals surface area contributed by atoms with Crippen LogP contribution in [0.15, 0.2) is 41.3 Å². The maximum atomic E-state index is 13.6. The molecule has 1 atom stereocenters. The fourth-order valence-corrected chi connectivity index (χ4v) is 5.26. The quantitative estimate of drug-likeness (QED) is 0.768. The van der Waals surface area contributed by atoms with Crippen molar-refractivity contribution < 1.29 is 17.9 Å². The van der Waals surface area contributed by atoms with Gasteiger partial charge in [-0.2, -0.15) is 0 Å². The summed E-state index contributed by atoms with van der Waals surface area (Å²) in [4.78, 5) is 0.150. The molecule has 0 saturated heterocycles. The minimum atomic E-state index is -3.78. The van der Waals surface area contributed by atoms with E-state index in [-0.39, 0.29) is 10.9 Å². The number of hydrogen-bond donors (Lipinski definition) is 0. The summed E-state index contributed by atoms with van der Waals surface area (Å²) in [5.74, 6) is 0.930. The van der Waals surface area contributed by atoms with Crippen molar-refractivity contribution in [3.63, 3.8) is 0 Å². The maximum absolute atomic E-state index is 13.6. The molecule has 0 amide bonds. The van der Waals surface area contributed by atoms with E-state index >= 15 is 0 Å². The molecule has 2 aromatic carbocycles. The lowest BCUT2D eigenvalue weighted by atomic mass is 10.1. The van der Waals surface area contributed by atoms with Gasteiger partial charge in [-0.25, -0.2) is 8.42 Å². The number of sulfonamides is 1. The van der Waals surface area contributed by atoms with Crippen LogP contribution < -0.4 is 13.8 Å². The number of hydrogen-bond acceptors (Lipinski definition) is 4. The van der Waals surface area contributed by atoms with E-state index in [1.54, 1.807) is 12.1 Å². The molecule has 0 saturated carbocycles. The van der Waals surface area contributed by atoms with Crippen LogP contribution in [0.1, 0.15) is 31.9 Å². The van der Waals surface area contributed by atoms with Crippen LogP contribution in [-0.2, 0) is 16.4 Å². The zero-order valence-electron chi connectivity index (χ0n) is 15.7. The monoisotopic (exact) mass is 375 g/mol. The molecule has 1 aliphatic heterocycles. The molecule has 1 heterocycles. The van der Waals surface area contributed by atoms with Gasteiger partial charge in [0.25, 0.3) is 10.0 Å². The number of nitrogens with zero attached hydrogens (tertiary/aromatic N) is 1. The molecule has 6 heteroatoms. The molecule has 2 aromatic rings. The van der Waals surface area contributed by atoms with Gasteiger partial charge in [-0.3, -0.25) is 4.31 Å². The van der Waals surface area contributed by atoms with Crippen molar-refractivity contribution in [2.45, 2.75) is 45.1 Å². The highest BCUT2D eigenvalue weighted by atomic mass is 32.2. The first-order valence-corrected chi connectivity index (χ1v) is 10.4. The number of ether oxygens (including phenoxy) is 2. The maximum Gasteiger partial charge on any atom is 0.268 e. The first-order valence-electron chi connectivity index (χ1n) is 8.92. The van der Waals surface area contributed by atoms with E-state index in [0.29, 0.717) is 31.1 Å². The molecule has 1 unspecified atom stereocenters. The third-order valence-electron chi connectivity index (χ3n) is 4.52. The van der Waals surface area contributed by atoms with Crippen LogP contribution in [0.25, 0.3) is 0 Å². The van der Waals surface area contributed by atoms with Gasteiger partial charge >= 0.3 is 0 Å². The molecular formula is C20H25NO4S. The zero-order chi connectivity index (χ0) is 18.9. The van der Waals surface area contributed by atoms with E-state index in [0.717, 1.165) is 16.8 Å². The van der Waals surface area contributed by atoms with Crippen molar-refractivity contribution in [2.75, 3.05) is 17.5 Å². The lowest BCUT2D eigenvalue weighted by Gasteiger charge is -2.26. The van der Waals surface area contributed by atoms with Gasteiger partial charge in [-0.1, -0.05) is 18.2 Å². The molecule has 0 fully saturated rings. The first kappa shape index (κ1) is 18.6. The molecule has 0 spiro atoms. The summed E-state index contributed by atoms with van der Waals surface area (Å²) in [6.45, 7) is 8.39. The Kier molecular flexibility index (Phi) is 5.14. The van der Waals surface area contributed by atoms with E-state index in [1.807, 2.05) is 52.0 Å². The lowest BCUT2D eigenvalue weighted by molar-refractivity contribution is 0.320. The Balaban J connectivity index is 2.16. The summed E-state index contributed by atoms with van der Waals surface area (Å²) in [6.07, 6.45) is 0.698. The molecule has 0 bridgehead atoms. The van der Waals surface area contributed by atoms with Gasteiger partial charge in [-0.05, 0) is 57.4 Å². The van der Waals surface area contributed by atoms with E-state index in [2.05, 4.69) is 0 Å². The highest BCUT2D eigenvalue weighted by Crippen LogP contribution is 2.40. The predicted molar refractivity (Wildman–Crippen MR) is 103 cm³/mol. The molecular weight excluding hydrogens is 350 g/mol. The minimum Gasteiger partial charge on any atom is -0.494 e. The minimum absolute atomic E-state index is 0.149. The van der Waals surface area contributed by atoms with Crippen molar-refractivity contribution in [1.82, 2.24) is 0 Å². The number of anilines is 1. The highest BCUT2D eigenvalue weighted by Gasteiger charge is 2.37. The Bertz CT molecular complexity index is 908. The predicted octanol–water partition coefficient (Wildman–Crippen LogP) is 3.93. The van der Waals surface area contributed by atoms with Gasteiger partial charge in [0.05, 0.1) is 18.9 Å². The van der Waals surface area contributed by atoms with E-state index in [1.165, 1.54) is 4.31 Å². The van der Waals surface area contributed by atoms with Gasteiger partial charge < -0.3 is 9.47 Å². The van der Waals surface area contributed by atoms with Gasteiger partial charge in [0, 0.05) is 12.1 Å². The number of para-hydroxylation sites is 1. The average Bonchev–Trinajstić information content (AvgIpc) is 2.93. The Hall–Kier alpha value is -2.21. The Morgan fingerprint density at radius 2 is 1.73 bits per heavy atom. The number of benzene rings is 2. The number of aryl methyl sites for hydroxylation is 1. The molecule has 0 radical (unpaired) electrons. The average molecular weight is 375 g/mol. The standard InChI is InChI=1S/C20H25NO4S/c1-5-24-18-13-20(19(25-6-2)11-14(18)3)26(22,23)21-15(4)12-16-9-7-8-10-17(16)21/h7-11,13,15H,5-6,12H2,1-4H3. The number of fused-ring (bicyclic) bond motifs is 1. The fraction of sp³-hybridized carbons (Fsp3) is 0.400. The Morgan fingerprint density at radius 1 is 1.08 bits per heavy atom. The van der Waals surface area contributed by atoms with Crippen molar-refractivity contribution in [1.29, 1.82) is 0 Å². The third-order valence-corrected chi connectivity index (χ3v) is 6.47. The van der Waals surface area contributed by atoms with Crippen molar-refractivity contribution in [3.8, 4) is 11.5 Å². The fourth-order valence-electron chi connectivity index (χ4n) is 3.43. The largest absolute Gasteiger partial charge is 0.494 e. The van der Waals surface area contributed by atoms with Crippen LogP contribution in [0.5, 0.6) is 11.5 Å². The molecule has 5 nitrogen and oxygen atoms in total. The van der Waals surface area contributed by atoms with Crippen LogP contribution in [-0.4, -0.2) is 27.7 Å². The van der Waals surface area contributed by atoms with E-state index < -0.39 is 10.0 Å². The Morgan fingerprint density at radius 3 is 2.42 bits per heavy atom. The second-order valence-corrected chi connectivity index (χ2v) is 8.20. The summed E-state index contributed by atoms with van der Waals surface area (Å²) in [5.41, 5.74) is 2.63. The van der Waals surface area contributed by atoms with Crippen LogP contribution >= 0.6 is 0 Å². The van der Waals surface area contributed by atoms with Gasteiger partial charge in [0.15, 0.2) is 0 Å².